The molecule has 1 aromatic carbocycles. The van der Waals surface area contributed by atoms with Gasteiger partial charge in [0.25, 0.3) is 10.0 Å². The fourth-order valence-electron chi connectivity index (χ4n) is 2.72. The zero-order chi connectivity index (χ0) is 22.5. The summed E-state index contributed by atoms with van der Waals surface area (Å²) in [6.45, 7) is 2.09. The normalized spacial score (nSPS) is 14.4. The molecule has 13 heteroatoms. The van der Waals surface area contributed by atoms with E-state index in [0.29, 0.717) is 34.7 Å². The summed E-state index contributed by atoms with van der Waals surface area (Å²) in [4.78, 5) is 19.9. The molecule has 3 N–H and O–H groups in total. The van der Waals surface area contributed by atoms with Gasteiger partial charge in [-0.3, -0.25) is 4.57 Å². The van der Waals surface area contributed by atoms with E-state index in [4.69, 9.17) is 30.9 Å². The Labute approximate surface area is 189 Å². The van der Waals surface area contributed by atoms with Crippen LogP contribution in [-0.4, -0.2) is 61.6 Å². The number of thiophene rings is 1. The lowest BCUT2D eigenvalue weighted by Gasteiger charge is -2.21. The van der Waals surface area contributed by atoms with Crippen LogP contribution in [0.15, 0.2) is 46.8 Å². The Balaban J connectivity index is 1.81. The second kappa shape index (κ2) is 10.4. The van der Waals surface area contributed by atoms with Gasteiger partial charge in [-0.05, 0) is 29.8 Å². The number of nitrogens with one attached hydrogen (secondary N) is 1. The summed E-state index contributed by atoms with van der Waals surface area (Å²) in [7, 11) is -8.60. The van der Waals surface area contributed by atoms with Crippen LogP contribution in [0.1, 0.15) is 0 Å². The van der Waals surface area contributed by atoms with E-state index in [0.717, 1.165) is 17.9 Å². The van der Waals surface area contributed by atoms with Gasteiger partial charge in [0.15, 0.2) is 11.5 Å². The van der Waals surface area contributed by atoms with E-state index in [-0.39, 0.29) is 16.7 Å². The summed E-state index contributed by atoms with van der Waals surface area (Å²) in [6, 6.07) is 4.79. The highest BCUT2D eigenvalue weighted by Crippen LogP contribution is 2.39. The highest BCUT2D eigenvalue weighted by atomic mass is 35.5. The van der Waals surface area contributed by atoms with Crippen molar-refractivity contribution in [2.75, 3.05) is 38.5 Å². The van der Waals surface area contributed by atoms with Gasteiger partial charge >= 0.3 is 7.60 Å². The van der Waals surface area contributed by atoms with Crippen LogP contribution < -0.4 is 14.2 Å². The zero-order valence-electron chi connectivity index (χ0n) is 16.3. The van der Waals surface area contributed by atoms with Gasteiger partial charge in [-0.25, -0.2) is 8.42 Å². The Bertz CT molecular complexity index is 1130. The van der Waals surface area contributed by atoms with Gasteiger partial charge in [0.2, 0.25) is 0 Å². The molecule has 0 aliphatic carbocycles. The monoisotopic (exact) mass is 508 g/mol. The molecule has 3 rings (SSSR count). The van der Waals surface area contributed by atoms with Crippen molar-refractivity contribution in [1.82, 2.24) is 9.62 Å². The summed E-state index contributed by atoms with van der Waals surface area (Å²) in [5, 5.41) is 0.607. The largest absolute Gasteiger partial charge is 0.488 e. The minimum Gasteiger partial charge on any atom is -0.488 e. The number of halogens is 1. The van der Waals surface area contributed by atoms with Gasteiger partial charge in [-0.15, -0.1) is 22.9 Å². The molecule has 2 heterocycles. The average molecular weight is 509 g/mol. The van der Waals surface area contributed by atoms with E-state index in [9.17, 15) is 13.0 Å². The lowest BCUT2D eigenvalue weighted by molar-refractivity contribution is 0.246. The highest BCUT2D eigenvalue weighted by molar-refractivity contribution is 7.92. The quantitative estimate of drug-likeness (QED) is 0.312. The van der Waals surface area contributed by atoms with Gasteiger partial charge in [-0.2, -0.15) is 4.72 Å². The zero-order valence-corrected chi connectivity index (χ0v) is 19.6. The van der Waals surface area contributed by atoms with Crippen LogP contribution >= 0.6 is 30.5 Å². The van der Waals surface area contributed by atoms with Gasteiger partial charge < -0.3 is 24.2 Å². The number of hydrogen-bond acceptors (Lipinski definition) is 7. The standard InChI is InChI=1S/C18H22ClN2O7PS2/c19-4-8-27-16-12-17-14(10-15(16)28-9-7-21-5-2-1-3-6-21)11-18(30-17)31(25,26)20-13-29(22,23)24/h1-3,5,10-12,20H,4,6-9,13H2,(H2,22,23,24). The maximum Gasteiger partial charge on any atom is 0.340 e. The lowest BCUT2D eigenvalue weighted by Crippen LogP contribution is -2.24. The topological polar surface area (TPSA) is 125 Å². The molecule has 0 spiro atoms. The summed E-state index contributed by atoms with van der Waals surface area (Å²) >= 11 is 6.69. The van der Waals surface area contributed by atoms with Crippen molar-refractivity contribution >= 4 is 50.6 Å². The molecule has 1 aliphatic rings. The summed E-state index contributed by atoms with van der Waals surface area (Å²) < 4.78 is 49.8. The number of hydrogen-bond donors (Lipinski definition) is 3. The van der Waals surface area contributed by atoms with Crippen molar-refractivity contribution in [3.05, 3.63) is 42.6 Å². The molecule has 0 unspecified atom stereocenters. The van der Waals surface area contributed by atoms with E-state index in [1.165, 1.54) is 6.07 Å². The third-order valence-corrected chi connectivity index (χ3v) is 8.05. The van der Waals surface area contributed by atoms with Crippen LogP contribution in [0.5, 0.6) is 11.5 Å². The minimum absolute atomic E-state index is 0.0679. The number of sulfonamides is 1. The molecule has 0 amide bonds. The van der Waals surface area contributed by atoms with E-state index in [1.807, 2.05) is 29.2 Å². The smallest absolute Gasteiger partial charge is 0.340 e. The Hall–Kier alpha value is -1.59. The van der Waals surface area contributed by atoms with Crippen molar-refractivity contribution in [2.45, 2.75) is 4.21 Å². The van der Waals surface area contributed by atoms with Crippen molar-refractivity contribution in [1.29, 1.82) is 0 Å². The molecule has 9 nitrogen and oxygen atoms in total. The number of rotatable bonds is 11. The van der Waals surface area contributed by atoms with E-state index < -0.39 is 23.9 Å². The predicted octanol–water partition coefficient (Wildman–Crippen LogP) is 2.70. The first kappa shape index (κ1) is 24.1. The van der Waals surface area contributed by atoms with Crippen LogP contribution in [0.2, 0.25) is 0 Å². The summed E-state index contributed by atoms with van der Waals surface area (Å²) in [6.07, 6.45) is 6.95. The molecule has 0 saturated heterocycles. The third-order valence-electron chi connectivity index (χ3n) is 4.14. The summed E-state index contributed by atoms with van der Waals surface area (Å²) in [5.41, 5.74) is 0. The van der Waals surface area contributed by atoms with E-state index >= 15 is 0 Å². The maximum atomic E-state index is 12.4. The van der Waals surface area contributed by atoms with Gasteiger partial charge in [-0.1, -0.05) is 12.2 Å². The van der Waals surface area contributed by atoms with E-state index in [2.05, 4.69) is 4.90 Å². The van der Waals surface area contributed by atoms with Gasteiger partial charge in [0, 0.05) is 17.3 Å². The molecule has 1 aromatic heterocycles. The predicted molar refractivity (Wildman–Crippen MR) is 121 cm³/mol. The number of fused-ring (bicyclic) bond motifs is 1. The number of benzene rings is 1. The Morgan fingerprint density at radius 2 is 1.90 bits per heavy atom. The molecular weight excluding hydrogens is 487 g/mol. The Kier molecular flexibility index (Phi) is 8.03. The Morgan fingerprint density at radius 1 is 1.16 bits per heavy atom. The van der Waals surface area contributed by atoms with Crippen molar-refractivity contribution < 1.29 is 32.2 Å². The average Bonchev–Trinajstić information content (AvgIpc) is 3.15. The van der Waals surface area contributed by atoms with Gasteiger partial charge in [0.05, 0.1) is 12.4 Å². The highest BCUT2D eigenvalue weighted by Gasteiger charge is 2.23. The van der Waals surface area contributed by atoms with E-state index in [1.54, 1.807) is 12.1 Å². The summed E-state index contributed by atoms with van der Waals surface area (Å²) in [5.74, 6) is 1.17. The van der Waals surface area contributed by atoms with Crippen molar-refractivity contribution in [2.24, 2.45) is 0 Å². The molecule has 31 heavy (non-hydrogen) atoms. The molecule has 0 fully saturated rings. The second-order valence-electron chi connectivity index (χ2n) is 6.52. The number of allylic oxidation sites excluding steroid dienone is 2. The SMILES string of the molecule is O=P(O)(O)CNS(=O)(=O)c1cc2cc(OCCN3C=CC=CC3)c(OCCCl)cc2s1. The number of ether oxygens (including phenoxy) is 2. The molecule has 2 aromatic rings. The number of nitrogens with zero attached hydrogens (tertiary/aromatic N) is 1. The molecule has 0 atom stereocenters. The molecule has 0 radical (unpaired) electrons. The first-order valence-corrected chi connectivity index (χ1v) is 13.8. The van der Waals surface area contributed by atoms with Crippen LogP contribution in [0.4, 0.5) is 0 Å². The third kappa shape index (κ3) is 6.95. The molecule has 0 bridgehead atoms. The second-order valence-corrected chi connectivity index (χ2v) is 11.6. The first-order valence-electron chi connectivity index (χ1n) is 9.19. The van der Waals surface area contributed by atoms with Crippen molar-refractivity contribution in [3.8, 4) is 11.5 Å². The van der Waals surface area contributed by atoms with Gasteiger partial charge in [0.1, 0.15) is 23.7 Å². The lowest BCUT2D eigenvalue weighted by atomic mass is 10.2. The van der Waals surface area contributed by atoms with Crippen LogP contribution in [0, 0.1) is 0 Å². The molecular formula is C18H22ClN2O7PS2. The fourth-order valence-corrected chi connectivity index (χ4v) is 6.26. The van der Waals surface area contributed by atoms with Crippen LogP contribution in [0.3, 0.4) is 0 Å². The molecule has 0 saturated carbocycles. The van der Waals surface area contributed by atoms with Crippen LogP contribution in [0.25, 0.3) is 10.1 Å². The van der Waals surface area contributed by atoms with Crippen molar-refractivity contribution in [3.63, 3.8) is 0 Å². The fraction of sp³-hybridized carbons (Fsp3) is 0.333. The Morgan fingerprint density at radius 3 is 2.58 bits per heavy atom. The minimum atomic E-state index is -4.52. The van der Waals surface area contributed by atoms with Crippen LogP contribution in [-0.2, 0) is 14.6 Å². The molecule has 170 valence electrons. The number of alkyl halides is 1. The molecule has 1 aliphatic heterocycles. The maximum absolute atomic E-state index is 12.4. The first-order chi connectivity index (χ1) is 14.7.